The molecule has 0 saturated heterocycles. The van der Waals surface area contributed by atoms with Gasteiger partial charge in [0.25, 0.3) is 5.91 Å². The number of rotatable bonds is 3. The van der Waals surface area contributed by atoms with Crippen LogP contribution in [0, 0.1) is 18.6 Å². The van der Waals surface area contributed by atoms with Crippen LogP contribution in [0.4, 0.5) is 14.5 Å². The summed E-state index contributed by atoms with van der Waals surface area (Å²) in [4.78, 5) is 24.9. The number of aryl methyl sites for hydroxylation is 1. The van der Waals surface area contributed by atoms with E-state index < -0.39 is 34.5 Å². The summed E-state index contributed by atoms with van der Waals surface area (Å²) in [6.45, 7) is 1.60. The van der Waals surface area contributed by atoms with E-state index >= 15 is 0 Å². The number of fused-ring (bicyclic) bond motifs is 1. The Balaban J connectivity index is 1.75. The van der Waals surface area contributed by atoms with Crippen molar-refractivity contribution in [2.75, 3.05) is 5.32 Å². The minimum Gasteiger partial charge on any atom is -0.507 e. The average Bonchev–Trinajstić information content (AvgIpc) is 3.03. The molecule has 0 aliphatic heterocycles. The van der Waals surface area contributed by atoms with Crippen LogP contribution in [0.5, 0.6) is 5.75 Å². The number of benzene rings is 2. The number of phenolic OH excluding ortho intramolecular Hbond substituents is 1. The quantitative estimate of drug-likeness (QED) is 0.557. The monoisotopic (exact) mass is 396 g/mol. The van der Waals surface area contributed by atoms with Crippen molar-refractivity contribution in [3.63, 3.8) is 0 Å². The molecule has 0 spiro atoms. The summed E-state index contributed by atoms with van der Waals surface area (Å²) in [7, 11) is 0. The van der Waals surface area contributed by atoms with Crippen molar-refractivity contribution >= 4 is 17.2 Å². The smallest absolute Gasteiger partial charge is 0.355 e. The van der Waals surface area contributed by atoms with Crippen LogP contribution in [0.25, 0.3) is 11.3 Å². The number of halogens is 2. The van der Waals surface area contributed by atoms with Crippen LogP contribution in [0.1, 0.15) is 15.9 Å². The fourth-order valence-corrected chi connectivity index (χ4v) is 2.95. The molecule has 29 heavy (non-hydrogen) atoms. The number of hydrogen-bond donors (Lipinski definition) is 2. The SMILES string of the molecule is Cc1cccc(F)c1NC(=O)c1cc(F)c(-n2nc3ccccn3c2=O)cc1O. The van der Waals surface area contributed by atoms with E-state index in [4.69, 9.17) is 0 Å². The molecule has 2 aromatic heterocycles. The molecule has 0 aliphatic carbocycles. The van der Waals surface area contributed by atoms with Crippen LogP contribution in [0.3, 0.4) is 0 Å². The third kappa shape index (κ3) is 3.12. The lowest BCUT2D eigenvalue weighted by molar-refractivity contribution is 0.102. The molecule has 146 valence electrons. The van der Waals surface area contributed by atoms with Gasteiger partial charge in [-0.3, -0.25) is 4.79 Å². The summed E-state index contributed by atoms with van der Waals surface area (Å²) in [5.74, 6) is -3.10. The summed E-state index contributed by atoms with van der Waals surface area (Å²) in [5, 5.41) is 16.6. The molecule has 4 rings (SSSR count). The van der Waals surface area contributed by atoms with Gasteiger partial charge < -0.3 is 10.4 Å². The molecule has 0 radical (unpaired) electrons. The lowest BCUT2D eigenvalue weighted by Crippen LogP contribution is -2.21. The first kappa shape index (κ1) is 18.4. The number of carbonyl (C=O) groups is 1. The van der Waals surface area contributed by atoms with Crippen molar-refractivity contribution in [2.24, 2.45) is 0 Å². The minimum absolute atomic E-state index is 0.0713. The van der Waals surface area contributed by atoms with Crippen molar-refractivity contribution in [2.45, 2.75) is 6.92 Å². The highest BCUT2D eigenvalue weighted by Gasteiger charge is 2.20. The highest BCUT2D eigenvalue weighted by Crippen LogP contribution is 2.26. The van der Waals surface area contributed by atoms with Crippen molar-refractivity contribution < 1.29 is 18.7 Å². The summed E-state index contributed by atoms with van der Waals surface area (Å²) < 4.78 is 30.6. The van der Waals surface area contributed by atoms with Crippen LogP contribution < -0.4 is 11.0 Å². The molecule has 4 aromatic rings. The number of phenols is 1. The number of aromatic hydroxyl groups is 1. The number of anilines is 1. The van der Waals surface area contributed by atoms with Crippen molar-refractivity contribution in [3.8, 4) is 11.4 Å². The standard InChI is InChI=1S/C20H14F2N4O3/c1-11-5-4-6-13(21)18(11)23-19(28)12-9-14(22)15(10-16(12)27)26-20(29)25-8-3-2-7-17(25)24-26/h2-10,27H,1H3,(H,23,28). The Labute approximate surface area is 162 Å². The summed E-state index contributed by atoms with van der Waals surface area (Å²) >= 11 is 0. The zero-order valence-electron chi connectivity index (χ0n) is 15.1. The fraction of sp³-hybridized carbons (Fsp3) is 0.0500. The Morgan fingerprint density at radius 3 is 2.62 bits per heavy atom. The molecule has 0 fully saturated rings. The second kappa shape index (κ2) is 6.86. The molecule has 0 unspecified atom stereocenters. The molecular weight excluding hydrogens is 382 g/mol. The lowest BCUT2D eigenvalue weighted by Gasteiger charge is -2.11. The van der Waals surface area contributed by atoms with Gasteiger partial charge >= 0.3 is 5.69 Å². The zero-order chi connectivity index (χ0) is 20.7. The van der Waals surface area contributed by atoms with Crippen molar-refractivity contribution in [1.29, 1.82) is 0 Å². The van der Waals surface area contributed by atoms with Crippen LogP contribution in [0.15, 0.2) is 59.5 Å². The summed E-state index contributed by atoms with van der Waals surface area (Å²) in [6.07, 6.45) is 1.47. The number of hydrogen-bond acceptors (Lipinski definition) is 4. The Morgan fingerprint density at radius 1 is 1.10 bits per heavy atom. The maximum absolute atomic E-state index is 14.7. The molecule has 0 aliphatic rings. The molecule has 0 saturated carbocycles. The molecule has 2 aromatic carbocycles. The number of carbonyl (C=O) groups excluding carboxylic acids is 1. The van der Waals surface area contributed by atoms with Gasteiger partial charge in [0, 0.05) is 12.3 Å². The molecule has 2 N–H and O–H groups in total. The second-order valence-electron chi connectivity index (χ2n) is 6.33. The number of amides is 1. The molecule has 2 heterocycles. The first-order valence-corrected chi connectivity index (χ1v) is 8.52. The molecular formula is C20H14F2N4O3. The second-order valence-corrected chi connectivity index (χ2v) is 6.33. The number of nitrogens with zero attached hydrogens (tertiary/aromatic N) is 3. The topological polar surface area (TPSA) is 88.6 Å². The van der Waals surface area contributed by atoms with E-state index in [9.17, 15) is 23.5 Å². The van der Waals surface area contributed by atoms with Gasteiger partial charge in [-0.25, -0.2) is 18.0 Å². The van der Waals surface area contributed by atoms with Crippen LogP contribution in [-0.4, -0.2) is 25.2 Å². The Morgan fingerprint density at radius 2 is 1.90 bits per heavy atom. The van der Waals surface area contributed by atoms with E-state index in [1.54, 1.807) is 31.2 Å². The predicted octanol–water partition coefficient (Wildman–Crippen LogP) is 3.03. The Kier molecular flexibility index (Phi) is 4.34. The first-order valence-electron chi connectivity index (χ1n) is 8.52. The van der Waals surface area contributed by atoms with Crippen LogP contribution in [0.2, 0.25) is 0 Å². The van der Waals surface area contributed by atoms with Gasteiger partial charge in [-0.1, -0.05) is 18.2 Å². The summed E-state index contributed by atoms with van der Waals surface area (Å²) in [5.41, 5.74) is -0.698. The molecule has 7 nitrogen and oxygen atoms in total. The zero-order valence-corrected chi connectivity index (χ0v) is 15.1. The van der Waals surface area contributed by atoms with E-state index in [1.807, 2.05) is 0 Å². The van der Waals surface area contributed by atoms with Gasteiger partial charge in [0.05, 0.1) is 11.3 Å². The van der Waals surface area contributed by atoms with E-state index in [0.717, 1.165) is 16.8 Å². The van der Waals surface area contributed by atoms with Gasteiger partial charge in [-0.15, -0.1) is 5.10 Å². The normalized spacial score (nSPS) is 11.0. The van der Waals surface area contributed by atoms with Gasteiger partial charge in [0.15, 0.2) is 5.65 Å². The van der Waals surface area contributed by atoms with E-state index in [0.29, 0.717) is 5.56 Å². The number of para-hydroxylation sites is 1. The predicted molar refractivity (Wildman–Crippen MR) is 102 cm³/mol. The number of nitrogens with one attached hydrogen (secondary N) is 1. The van der Waals surface area contributed by atoms with Crippen LogP contribution >= 0.6 is 0 Å². The lowest BCUT2D eigenvalue weighted by atomic mass is 10.1. The Bertz CT molecular complexity index is 1310. The highest BCUT2D eigenvalue weighted by molar-refractivity contribution is 6.06. The van der Waals surface area contributed by atoms with Gasteiger partial charge in [0.1, 0.15) is 23.1 Å². The Hall–Kier alpha value is -4.01. The van der Waals surface area contributed by atoms with E-state index in [-0.39, 0.29) is 17.0 Å². The maximum atomic E-state index is 14.7. The first-order chi connectivity index (χ1) is 13.9. The highest BCUT2D eigenvalue weighted by atomic mass is 19.1. The molecule has 9 heteroatoms. The number of pyridine rings is 1. The largest absolute Gasteiger partial charge is 0.507 e. The van der Waals surface area contributed by atoms with Crippen molar-refractivity contribution in [1.82, 2.24) is 14.2 Å². The summed E-state index contributed by atoms with van der Waals surface area (Å²) in [6, 6.07) is 10.8. The van der Waals surface area contributed by atoms with Crippen LogP contribution in [-0.2, 0) is 0 Å². The van der Waals surface area contributed by atoms with E-state index in [2.05, 4.69) is 10.4 Å². The van der Waals surface area contributed by atoms with Crippen molar-refractivity contribution in [3.05, 3.63) is 88.0 Å². The molecule has 0 bridgehead atoms. The van der Waals surface area contributed by atoms with Gasteiger partial charge in [-0.05, 0) is 36.8 Å². The third-order valence-corrected chi connectivity index (χ3v) is 4.43. The van der Waals surface area contributed by atoms with Gasteiger partial charge in [-0.2, -0.15) is 4.68 Å². The van der Waals surface area contributed by atoms with E-state index in [1.165, 1.54) is 22.7 Å². The molecule has 0 atom stereocenters. The minimum atomic E-state index is -0.955. The maximum Gasteiger partial charge on any atom is 0.355 e. The fourth-order valence-electron chi connectivity index (χ4n) is 2.95. The van der Waals surface area contributed by atoms with Gasteiger partial charge in [0.2, 0.25) is 0 Å². The number of aromatic nitrogens is 3. The molecule has 1 amide bonds. The average molecular weight is 396 g/mol. The third-order valence-electron chi connectivity index (χ3n) is 4.43.